The van der Waals surface area contributed by atoms with E-state index in [1.165, 1.54) is 6.92 Å². The SMILES string of the molecule is CC(=O)O[C@@H]1C[C@H]2C(C)(C)[C@H](OC(=O)c3ccccc3)C[C@H](O)[C@]2(C)[C@H]2CC[C@@]3(C)[C@H](c4ccoc4)OC(=O)[C@H]4O[C@]43[C@@]21C. The molecular formula is C35H42O9. The van der Waals surface area contributed by atoms with Crippen LogP contribution < -0.4 is 0 Å². The number of hydrogen-bond donors (Lipinski definition) is 1. The Balaban J connectivity index is 1.31. The van der Waals surface area contributed by atoms with Crippen LogP contribution in [0.1, 0.15) is 89.3 Å². The summed E-state index contributed by atoms with van der Waals surface area (Å²) < 4.78 is 30.4. The van der Waals surface area contributed by atoms with Crippen LogP contribution in [0.5, 0.6) is 0 Å². The average molecular weight is 607 g/mol. The molecule has 7 rings (SSSR count). The van der Waals surface area contributed by atoms with E-state index in [4.69, 9.17) is 23.4 Å². The quantitative estimate of drug-likeness (QED) is 0.276. The number of carbonyl (C=O) groups excluding carboxylic acids is 3. The number of aliphatic hydroxyl groups is 1. The number of benzene rings is 1. The van der Waals surface area contributed by atoms with Crippen molar-refractivity contribution in [2.24, 2.45) is 33.5 Å². The van der Waals surface area contributed by atoms with E-state index in [-0.39, 0.29) is 18.3 Å². The fraction of sp³-hybridized carbons (Fsp3) is 0.629. The summed E-state index contributed by atoms with van der Waals surface area (Å²) in [5.74, 6) is -1.61. The summed E-state index contributed by atoms with van der Waals surface area (Å²) in [4.78, 5) is 39.4. The normalized spacial score (nSPS) is 45.0. The molecule has 3 saturated carbocycles. The molecule has 236 valence electrons. The van der Waals surface area contributed by atoms with Crippen molar-refractivity contribution in [1.29, 1.82) is 0 Å². The Morgan fingerprint density at radius 3 is 2.32 bits per heavy atom. The van der Waals surface area contributed by atoms with Crippen molar-refractivity contribution in [3.63, 3.8) is 0 Å². The minimum Gasteiger partial charge on any atom is -0.472 e. The highest BCUT2D eigenvalue weighted by atomic mass is 16.7. The van der Waals surface area contributed by atoms with Crippen molar-refractivity contribution in [1.82, 2.24) is 0 Å². The van der Waals surface area contributed by atoms with Crippen LogP contribution in [-0.4, -0.2) is 53.0 Å². The number of carbonyl (C=O) groups is 3. The molecule has 3 heterocycles. The number of esters is 3. The molecule has 3 aliphatic carbocycles. The Kier molecular flexibility index (Phi) is 6.33. The first kappa shape index (κ1) is 29.5. The van der Waals surface area contributed by atoms with E-state index in [0.717, 1.165) is 5.56 Å². The van der Waals surface area contributed by atoms with Crippen LogP contribution in [0, 0.1) is 33.5 Å². The molecule has 5 aliphatic rings. The van der Waals surface area contributed by atoms with Crippen LogP contribution in [0.15, 0.2) is 53.3 Å². The Hall–Kier alpha value is -3.17. The molecule has 1 aromatic heterocycles. The van der Waals surface area contributed by atoms with Crippen molar-refractivity contribution in [2.75, 3.05) is 0 Å². The average Bonchev–Trinajstić information content (AvgIpc) is 3.55. The topological polar surface area (TPSA) is 125 Å². The second kappa shape index (κ2) is 9.42. The molecule has 9 nitrogen and oxygen atoms in total. The lowest BCUT2D eigenvalue weighted by Gasteiger charge is -2.71. The van der Waals surface area contributed by atoms with Gasteiger partial charge in [0, 0.05) is 40.6 Å². The number of rotatable bonds is 4. The minimum atomic E-state index is -0.977. The number of epoxide rings is 1. The van der Waals surface area contributed by atoms with E-state index in [1.54, 1.807) is 36.8 Å². The highest BCUT2D eigenvalue weighted by Gasteiger charge is 2.89. The lowest BCUT2D eigenvalue weighted by Crippen LogP contribution is -2.75. The van der Waals surface area contributed by atoms with E-state index in [1.807, 2.05) is 12.1 Å². The molecule has 1 spiro atoms. The third-order valence-electron chi connectivity index (χ3n) is 12.9. The molecule has 0 amide bonds. The van der Waals surface area contributed by atoms with Gasteiger partial charge in [-0.15, -0.1) is 0 Å². The Morgan fingerprint density at radius 2 is 1.66 bits per heavy atom. The number of fused-ring (bicyclic) bond motifs is 3. The van der Waals surface area contributed by atoms with Crippen LogP contribution >= 0.6 is 0 Å². The van der Waals surface area contributed by atoms with E-state index in [2.05, 4.69) is 34.6 Å². The molecule has 0 bridgehead atoms. The monoisotopic (exact) mass is 606 g/mol. The number of ether oxygens (including phenoxy) is 4. The van der Waals surface area contributed by atoms with Gasteiger partial charge >= 0.3 is 17.9 Å². The minimum absolute atomic E-state index is 0.173. The first-order valence-electron chi connectivity index (χ1n) is 15.7. The number of hydrogen-bond acceptors (Lipinski definition) is 9. The van der Waals surface area contributed by atoms with Crippen LogP contribution in [0.4, 0.5) is 0 Å². The Labute approximate surface area is 257 Å². The number of aliphatic hydroxyl groups excluding tert-OH is 1. The Morgan fingerprint density at radius 1 is 0.932 bits per heavy atom. The molecule has 2 aromatic rings. The lowest BCUT2D eigenvalue weighted by atomic mass is 9.34. The van der Waals surface area contributed by atoms with Gasteiger partial charge in [0.2, 0.25) is 0 Å². The maximum atomic E-state index is 13.5. The maximum Gasteiger partial charge on any atom is 0.339 e. The highest BCUT2D eigenvalue weighted by molar-refractivity contribution is 5.89. The van der Waals surface area contributed by atoms with Crippen molar-refractivity contribution in [2.45, 2.75) is 103 Å². The molecule has 0 unspecified atom stereocenters. The van der Waals surface area contributed by atoms with E-state index in [0.29, 0.717) is 24.8 Å². The zero-order valence-corrected chi connectivity index (χ0v) is 26.2. The predicted octanol–water partition coefficient (Wildman–Crippen LogP) is 5.41. The first-order valence-corrected chi connectivity index (χ1v) is 15.7. The van der Waals surface area contributed by atoms with Gasteiger partial charge in [-0.1, -0.05) is 52.8 Å². The van der Waals surface area contributed by atoms with Gasteiger partial charge in [-0.2, -0.15) is 0 Å². The fourth-order valence-electron chi connectivity index (χ4n) is 10.8. The third kappa shape index (κ3) is 3.57. The summed E-state index contributed by atoms with van der Waals surface area (Å²) >= 11 is 0. The molecule has 2 saturated heterocycles. The summed E-state index contributed by atoms with van der Waals surface area (Å²) in [7, 11) is 0. The summed E-state index contributed by atoms with van der Waals surface area (Å²) in [6.07, 6.45) is 1.88. The summed E-state index contributed by atoms with van der Waals surface area (Å²) in [5.41, 5.74) is -2.43. The van der Waals surface area contributed by atoms with Crippen LogP contribution in [-0.2, 0) is 28.5 Å². The van der Waals surface area contributed by atoms with Gasteiger partial charge in [0.25, 0.3) is 0 Å². The van der Waals surface area contributed by atoms with Gasteiger partial charge in [0.15, 0.2) is 6.10 Å². The van der Waals surface area contributed by atoms with Crippen molar-refractivity contribution < 1.29 is 42.9 Å². The van der Waals surface area contributed by atoms with Gasteiger partial charge in [-0.3, -0.25) is 4.79 Å². The second-order valence-electron chi connectivity index (χ2n) is 15.0. The van der Waals surface area contributed by atoms with Crippen molar-refractivity contribution >= 4 is 17.9 Å². The van der Waals surface area contributed by atoms with Gasteiger partial charge in [-0.05, 0) is 49.3 Å². The molecular weight excluding hydrogens is 564 g/mol. The summed E-state index contributed by atoms with van der Waals surface area (Å²) in [5, 5.41) is 12.1. The zero-order chi connectivity index (χ0) is 31.4. The van der Waals surface area contributed by atoms with Crippen molar-refractivity contribution in [3.05, 3.63) is 60.1 Å². The van der Waals surface area contributed by atoms with E-state index >= 15 is 0 Å². The van der Waals surface area contributed by atoms with Gasteiger partial charge in [0.05, 0.1) is 24.2 Å². The van der Waals surface area contributed by atoms with Gasteiger partial charge in [0.1, 0.15) is 23.9 Å². The van der Waals surface area contributed by atoms with E-state index in [9.17, 15) is 19.5 Å². The zero-order valence-electron chi connectivity index (χ0n) is 26.2. The molecule has 2 aliphatic heterocycles. The lowest BCUT2D eigenvalue weighted by molar-refractivity contribution is -0.295. The second-order valence-corrected chi connectivity index (χ2v) is 15.0. The predicted molar refractivity (Wildman–Crippen MR) is 156 cm³/mol. The maximum absolute atomic E-state index is 13.5. The fourth-order valence-corrected chi connectivity index (χ4v) is 10.8. The first-order chi connectivity index (χ1) is 20.7. The third-order valence-corrected chi connectivity index (χ3v) is 12.9. The molecule has 0 radical (unpaired) electrons. The van der Waals surface area contributed by atoms with E-state index < -0.39 is 75.7 Å². The molecule has 11 atom stereocenters. The van der Waals surface area contributed by atoms with Crippen molar-refractivity contribution in [3.8, 4) is 0 Å². The van der Waals surface area contributed by atoms with Crippen LogP contribution in [0.3, 0.4) is 0 Å². The molecule has 9 heteroatoms. The molecule has 1 aromatic carbocycles. The molecule has 44 heavy (non-hydrogen) atoms. The Bertz CT molecular complexity index is 1480. The van der Waals surface area contributed by atoms with Gasteiger partial charge in [-0.25, -0.2) is 9.59 Å². The summed E-state index contributed by atoms with van der Waals surface area (Å²) in [6, 6.07) is 10.7. The van der Waals surface area contributed by atoms with Crippen LogP contribution in [0.25, 0.3) is 0 Å². The smallest absolute Gasteiger partial charge is 0.339 e. The standard InChI is InChI=1S/C35H42O9/c1-19(36)41-26-16-23-31(2,3)25(42-29(38)20-10-8-7-9-11-20)17-24(37)33(23,5)22-12-14-32(4)27(21-13-15-40-18-21)43-30(39)28-35(32,44-28)34(22,26)6/h7-11,13,15,18,22-28,37H,12,14,16-17H2,1-6H3/t22-,23+,24+,25-,26-,27+,28-,32+,33-,34+,35-/m1/s1. The summed E-state index contributed by atoms with van der Waals surface area (Å²) in [6.45, 7) is 11.9. The number of furan rings is 1. The molecule has 1 N–H and O–H groups in total. The van der Waals surface area contributed by atoms with Crippen LogP contribution in [0.2, 0.25) is 0 Å². The molecule has 5 fully saturated rings. The largest absolute Gasteiger partial charge is 0.472 e. The highest BCUT2D eigenvalue weighted by Crippen LogP contribution is 2.80. The number of cyclic esters (lactones) is 1. The van der Waals surface area contributed by atoms with Gasteiger partial charge < -0.3 is 28.5 Å².